The van der Waals surface area contributed by atoms with E-state index < -0.39 is 0 Å². The van der Waals surface area contributed by atoms with E-state index >= 15 is 0 Å². The van der Waals surface area contributed by atoms with Gasteiger partial charge in [0.2, 0.25) is 5.91 Å². The van der Waals surface area contributed by atoms with Crippen LogP contribution in [0.2, 0.25) is 0 Å². The summed E-state index contributed by atoms with van der Waals surface area (Å²) >= 11 is 0. The Morgan fingerprint density at radius 1 is 1.28 bits per heavy atom. The van der Waals surface area contributed by atoms with E-state index in [9.17, 15) is 4.79 Å². The molecular formula is C19H23N5O. The Hall–Kier alpha value is -2.73. The molecule has 6 nitrogen and oxygen atoms in total. The maximum Gasteiger partial charge on any atom is 0.223 e. The summed E-state index contributed by atoms with van der Waals surface area (Å²) in [6.07, 6.45) is 3.66. The van der Waals surface area contributed by atoms with E-state index in [2.05, 4.69) is 22.3 Å². The van der Waals surface area contributed by atoms with Crippen molar-refractivity contribution in [2.24, 2.45) is 0 Å². The molecule has 0 saturated carbocycles. The Balaban J connectivity index is 2.05. The van der Waals surface area contributed by atoms with Crippen LogP contribution < -0.4 is 10.2 Å². The Morgan fingerprint density at radius 3 is 2.84 bits per heavy atom. The SMILES string of the molecule is CCNCc1cnn2c(-c3cccc(N(CC)C(C)=O)c3)ccnc12. The topological polar surface area (TPSA) is 62.5 Å². The second-order valence-corrected chi connectivity index (χ2v) is 5.83. The van der Waals surface area contributed by atoms with Crippen molar-refractivity contribution in [3.05, 3.63) is 48.3 Å². The lowest BCUT2D eigenvalue weighted by Crippen LogP contribution is -2.27. The lowest BCUT2D eigenvalue weighted by Gasteiger charge is -2.19. The van der Waals surface area contributed by atoms with Crippen molar-refractivity contribution < 1.29 is 4.79 Å². The fourth-order valence-corrected chi connectivity index (χ4v) is 2.96. The first-order valence-corrected chi connectivity index (χ1v) is 8.56. The van der Waals surface area contributed by atoms with Gasteiger partial charge in [-0.05, 0) is 31.7 Å². The summed E-state index contributed by atoms with van der Waals surface area (Å²) in [6.45, 7) is 7.91. The highest BCUT2D eigenvalue weighted by atomic mass is 16.2. The number of carbonyl (C=O) groups is 1. The van der Waals surface area contributed by atoms with Gasteiger partial charge in [-0.3, -0.25) is 4.79 Å². The van der Waals surface area contributed by atoms with E-state index in [1.807, 2.05) is 48.0 Å². The van der Waals surface area contributed by atoms with E-state index in [1.54, 1.807) is 18.0 Å². The average Bonchev–Trinajstić information content (AvgIpc) is 3.03. The Labute approximate surface area is 147 Å². The molecule has 0 saturated heterocycles. The van der Waals surface area contributed by atoms with Crippen molar-refractivity contribution in [2.75, 3.05) is 18.0 Å². The number of hydrogen-bond donors (Lipinski definition) is 1. The Morgan fingerprint density at radius 2 is 2.12 bits per heavy atom. The molecule has 25 heavy (non-hydrogen) atoms. The highest BCUT2D eigenvalue weighted by Gasteiger charge is 2.13. The monoisotopic (exact) mass is 337 g/mol. The Kier molecular flexibility index (Phi) is 5.09. The van der Waals surface area contributed by atoms with Crippen molar-refractivity contribution in [1.29, 1.82) is 0 Å². The van der Waals surface area contributed by atoms with Crippen LogP contribution in [0.3, 0.4) is 0 Å². The van der Waals surface area contributed by atoms with E-state index in [0.717, 1.165) is 41.2 Å². The van der Waals surface area contributed by atoms with E-state index in [4.69, 9.17) is 0 Å². The van der Waals surface area contributed by atoms with Crippen molar-refractivity contribution in [2.45, 2.75) is 27.3 Å². The van der Waals surface area contributed by atoms with Gasteiger partial charge in [-0.25, -0.2) is 9.50 Å². The first kappa shape index (κ1) is 17.1. The van der Waals surface area contributed by atoms with Gasteiger partial charge >= 0.3 is 0 Å². The van der Waals surface area contributed by atoms with Crippen LogP contribution in [-0.4, -0.2) is 33.6 Å². The summed E-state index contributed by atoms with van der Waals surface area (Å²) in [6, 6.07) is 9.90. The second-order valence-electron chi connectivity index (χ2n) is 5.83. The molecule has 0 spiro atoms. The van der Waals surface area contributed by atoms with E-state index in [0.29, 0.717) is 6.54 Å². The molecule has 1 N–H and O–H groups in total. The molecule has 1 aromatic carbocycles. The maximum absolute atomic E-state index is 11.8. The van der Waals surface area contributed by atoms with Gasteiger partial charge in [0.05, 0.1) is 11.9 Å². The summed E-state index contributed by atoms with van der Waals surface area (Å²) < 4.78 is 1.86. The number of carbonyl (C=O) groups excluding carboxylic acids is 1. The van der Waals surface area contributed by atoms with Gasteiger partial charge in [0.25, 0.3) is 0 Å². The minimum absolute atomic E-state index is 0.0338. The van der Waals surface area contributed by atoms with Crippen molar-refractivity contribution in [1.82, 2.24) is 19.9 Å². The van der Waals surface area contributed by atoms with Gasteiger partial charge in [-0.15, -0.1) is 0 Å². The molecule has 0 unspecified atom stereocenters. The third-order valence-electron chi connectivity index (χ3n) is 4.19. The summed E-state index contributed by atoms with van der Waals surface area (Å²) in [5, 5.41) is 7.82. The van der Waals surface area contributed by atoms with Crippen LogP contribution in [-0.2, 0) is 11.3 Å². The first-order chi connectivity index (χ1) is 12.2. The normalized spacial score (nSPS) is 11.0. The molecule has 3 aromatic rings. The molecule has 3 rings (SSSR count). The van der Waals surface area contributed by atoms with Crippen LogP contribution in [0, 0.1) is 0 Å². The molecule has 2 heterocycles. The Bertz CT molecular complexity index is 886. The molecule has 0 aliphatic carbocycles. The maximum atomic E-state index is 11.8. The predicted molar refractivity (Wildman–Crippen MR) is 99.5 cm³/mol. The standard InChI is InChI=1S/C19H23N5O/c1-4-20-12-16-13-22-24-18(9-10-21-19(16)24)15-7-6-8-17(11-15)23(5-2)14(3)25/h6-11,13,20H,4-5,12H2,1-3H3. The molecule has 0 atom stereocenters. The molecule has 0 bridgehead atoms. The van der Waals surface area contributed by atoms with Gasteiger partial charge < -0.3 is 10.2 Å². The number of benzene rings is 1. The molecule has 6 heteroatoms. The van der Waals surface area contributed by atoms with E-state index in [1.165, 1.54) is 0 Å². The summed E-state index contributed by atoms with van der Waals surface area (Å²) in [5.41, 5.74) is 4.76. The summed E-state index contributed by atoms with van der Waals surface area (Å²) in [7, 11) is 0. The highest BCUT2D eigenvalue weighted by Crippen LogP contribution is 2.25. The molecule has 0 aliphatic heterocycles. The number of hydrogen-bond acceptors (Lipinski definition) is 4. The van der Waals surface area contributed by atoms with Crippen molar-refractivity contribution in [3.8, 4) is 11.3 Å². The van der Waals surface area contributed by atoms with E-state index in [-0.39, 0.29) is 5.91 Å². The van der Waals surface area contributed by atoms with Gasteiger partial charge in [0.15, 0.2) is 5.65 Å². The fraction of sp³-hybridized carbons (Fsp3) is 0.316. The van der Waals surface area contributed by atoms with Crippen LogP contribution >= 0.6 is 0 Å². The number of nitrogens with one attached hydrogen (secondary N) is 1. The molecule has 0 fully saturated rings. The third-order valence-corrected chi connectivity index (χ3v) is 4.19. The van der Waals surface area contributed by atoms with Crippen LogP contribution in [0.1, 0.15) is 26.3 Å². The number of rotatable bonds is 6. The quantitative estimate of drug-likeness (QED) is 0.751. The zero-order chi connectivity index (χ0) is 17.8. The van der Waals surface area contributed by atoms with Crippen LogP contribution in [0.25, 0.3) is 16.9 Å². The fourth-order valence-electron chi connectivity index (χ4n) is 2.96. The number of nitrogens with zero attached hydrogens (tertiary/aromatic N) is 4. The molecule has 130 valence electrons. The predicted octanol–water partition coefficient (Wildman–Crippen LogP) is 2.88. The third kappa shape index (κ3) is 3.39. The first-order valence-electron chi connectivity index (χ1n) is 8.56. The number of amides is 1. The molecule has 0 aliphatic rings. The average molecular weight is 337 g/mol. The van der Waals surface area contributed by atoms with Crippen LogP contribution in [0.4, 0.5) is 5.69 Å². The molecule has 0 radical (unpaired) electrons. The second kappa shape index (κ2) is 7.44. The van der Waals surface area contributed by atoms with Crippen molar-refractivity contribution >= 4 is 17.2 Å². The van der Waals surface area contributed by atoms with Crippen LogP contribution in [0.5, 0.6) is 0 Å². The number of fused-ring (bicyclic) bond motifs is 1. The number of aromatic nitrogens is 3. The minimum Gasteiger partial charge on any atom is -0.313 e. The minimum atomic E-state index is 0.0338. The molecule has 1 amide bonds. The van der Waals surface area contributed by atoms with Gasteiger partial charge in [-0.1, -0.05) is 19.1 Å². The van der Waals surface area contributed by atoms with Crippen molar-refractivity contribution in [3.63, 3.8) is 0 Å². The lowest BCUT2D eigenvalue weighted by atomic mass is 10.1. The highest BCUT2D eigenvalue weighted by molar-refractivity contribution is 5.92. The van der Waals surface area contributed by atoms with Gasteiger partial charge in [0, 0.05) is 43.0 Å². The lowest BCUT2D eigenvalue weighted by molar-refractivity contribution is -0.116. The smallest absolute Gasteiger partial charge is 0.223 e. The molecule has 2 aromatic heterocycles. The summed E-state index contributed by atoms with van der Waals surface area (Å²) in [5.74, 6) is 0.0338. The van der Waals surface area contributed by atoms with Gasteiger partial charge in [-0.2, -0.15) is 5.10 Å². The zero-order valence-corrected chi connectivity index (χ0v) is 14.9. The summed E-state index contributed by atoms with van der Waals surface area (Å²) in [4.78, 5) is 18.1. The molecular weight excluding hydrogens is 314 g/mol. The largest absolute Gasteiger partial charge is 0.313 e. The zero-order valence-electron chi connectivity index (χ0n) is 14.9. The number of anilines is 1. The van der Waals surface area contributed by atoms with Crippen LogP contribution in [0.15, 0.2) is 42.7 Å². The van der Waals surface area contributed by atoms with Gasteiger partial charge in [0.1, 0.15) is 0 Å².